The summed E-state index contributed by atoms with van der Waals surface area (Å²) < 4.78 is 8.84. The Morgan fingerprint density at radius 3 is 2.88 bits per heavy atom. The molecule has 122 valence electrons. The maximum Gasteiger partial charge on any atom is 0.189 e. The van der Waals surface area contributed by atoms with Crippen LogP contribution in [-0.4, -0.2) is 32.5 Å². The second-order valence-corrected chi connectivity index (χ2v) is 5.38. The molecule has 2 heterocycles. The average molecular weight is 322 g/mol. The summed E-state index contributed by atoms with van der Waals surface area (Å²) in [5.41, 5.74) is 2.49. The number of nitrogens with zero attached hydrogens (tertiary/aromatic N) is 4. The van der Waals surface area contributed by atoms with Crippen molar-refractivity contribution in [1.29, 1.82) is 0 Å². The number of ketones is 1. The molecule has 0 aliphatic heterocycles. The van der Waals surface area contributed by atoms with E-state index in [1.165, 1.54) is 0 Å². The van der Waals surface area contributed by atoms with Crippen molar-refractivity contribution in [1.82, 2.24) is 19.6 Å². The van der Waals surface area contributed by atoms with Gasteiger partial charge in [0, 0.05) is 31.2 Å². The average Bonchev–Trinajstić information content (AvgIpc) is 3.24. The Hall–Kier alpha value is -3.15. The number of rotatable bonds is 6. The molecule has 6 heteroatoms. The highest BCUT2D eigenvalue weighted by Crippen LogP contribution is 2.21. The van der Waals surface area contributed by atoms with Crippen LogP contribution in [0.1, 0.15) is 21.5 Å². The minimum Gasteiger partial charge on any atom is -0.496 e. The Balaban J connectivity index is 1.80. The van der Waals surface area contributed by atoms with Crippen LogP contribution >= 0.6 is 0 Å². The van der Waals surface area contributed by atoms with Crippen molar-refractivity contribution in [2.45, 2.75) is 6.54 Å². The lowest BCUT2D eigenvalue weighted by Crippen LogP contribution is -2.02. The molecule has 3 rings (SSSR count). The highest BCUT2D eigenvalue weighted by molar-refractivity contribution is 6.06. The summed E-state index contributed by atoms with van der Waals surface area (Å²) in [6.45, 7) is 0.606. The Kier molecular flexibility index (Phi) is 4.56. The van der Waals surface area contributed by atoms with Crippen molar-refractivity contribution < 1.29 is 9.53 Å². The van der Waals surface area contributed by atoms with Crippen LogP contribution in [0.4, 0.5) is 0 Å². The molecule has 6 nitrogen and oxygen atoms in total. The van der Waals surface area contributed by atoms with Gasteiger partial charge in [0.1, 0.15) is 5.75 Å². The van der Waals surface area contributed by atoms with Gasteiger partial charge in [0.25, 0.3) is 0 Å². The van der Waals surface area contributed by atoms with Gasteiger partial charge in [-0.25, -0.2) is 0 Å². The van der Waals surface area contributed by atoms with E-state index in [4.69, 9.17) is 4.74 Å². The third kappa shape index (κ3) is 3.60. The fourth-order valence-electron chi connectivity index (χ4n) is 2.41. The van der Waals surface area contributed by atoms with Gasteiger partial charge in [-0.05, 0) is 29.8 Å². The standard InChI is InChI=1S/C18H18N4O2/c1-21-12-16(11-20-21)17(23)6-4-14-5-7-18(24-2)15(10-14)13-22-9-3-8-19-22/h3-12H,13H2,1-2H3/b6-4+. The number of carbonyl (C=O) groups excluding carboxylic acids is 1. The third-order valence-electron chi connectivity index (χ3n) is 3.61. The van der Waals surface area contributed by atoms with Gasteiger partial charge in [-0.3, -0.25) is 14.2 Å². The lowest BCUT2D eigenvalue weighted by molar-refractivity contribution is 0.104. The van der Waals surface area contributed by atoms with Crippen LogP contribution in [0, 0.1) is 0 Å². The lowest BCUT2D eigenvalue weighted by atomic mass is 10.1. The number of benzene rings is 1. The maximum absolute atomic E-state index is 12.1. The van der Waals surface area contributed by atoms with E-state index in [2.05, 4.69) is 10.2 Å². The molecule has 0 atom stereocenters. The Morgan fingerprint density at radius 1 is 1.33 bits per heavy atom. The molecule has 0 unspecified atom stereocenters. The van der Waals surface area contributed by atoms with E-state index in [0.29, 0.717) is 12.1 Å². The number of allylic oxidation sites excluding steroid dienone is 1. The smallest absolute Gasteiger partial charge is 0.189 e. The molecule has 0 N–H and O–H groups in total. The van der Waals surface area contributed by atoms with E-state index in [1.54, 1.807) is 49.6 Å². The summed E-state index contributed by atoms with van der Waals surface area (Å²) >= 11 is 0. The highest BCUT2D eigenvalue weighted by Gasteiger charge is 2.06. The number of aromatic nitrogens is 4. The first-order valence-corrected chi connectivity index (χ1v) is 7.51. The van der Waals surface area contributed by atoms with Crippen molar-refractivity contribution in [2.24, 2.45) is 7.05 Å². The van der Waals surface area contributed by atoms with Crippen LogP contribution in [0.2, 0.25) is 0 Å². The zero-order chi connectivity index (χ0) is 16.9. The van der Waals surface area contributed by atoms with Gasteiger partial charge in [-0.1, -0.05) is 12.1 Å². The molecule has 0 saturated heterocycles. The van der Waals surface area contributed by atoms with Crippen LogP contribution in [0.25, 0.3) is 6.08 Å². The summed E-state index contributed by atoms with van der Waals surface area (Å²) in [5.74, 6) is 0.716. The van der Waals surface area contributed by atoms with E-state index in [9.17, 15) is 4.79 Å². The van der Waals surface area contributed by atoms with E-state index in [1.807, 2.05) is 35.1 Å². The van der Waals surface area contributed by atoms with Crippen molar-refractivity contribution in [3.63, 3.8) is 0 Å². The molecular weight excluding hydrogens is 304 g/mol. The van der Waals surface area contributed by atoms with E-state index in [-0.39, 0.29) is 5.78 Å². The molecular formula is C18H18N4O2. The normalized spacial score (nSPS) is 11.1. The van der Waals surface area contributed by atoms with Crippen LogP contribution in [0.15, 0.2) is 55.1 Å². The largest absolute Gasteiger partial charge is 0.496 e. The predicted molar refractivity (Wildman–Crippen MR) is 90.9 cm³/mol. The van der Waals surface area contributed by atoms with Gasteiger partial charge < -0.3 is 4.74 Å². The molecule has 0 spiro atoms. The summed E-state index contributed by atoms with van der Waals surface area (Å²) in [6.07, 6.45) is 10.2. The molecule has 1 aromatic carbocycles. The number of hydrogen-bond acceptors (Lipinski definition) is 4. The summed E-state index contributed by atoms with van der Waals surface area (Å²) in [6, 6.07) is 7.68. The number of methoxy groups -OCH3 is 1. The molecule has 24 heavy (non-hydrogen) atoms. The Morgan fingerprint density at radius 2 is 2.21 bits per heavy atom. The van der Waals surface area contributed by atoms with E-state index >= 15 is 0 Å². The predicted octanol–water partition coefficient (Wildman–Crippen LogP) is 2.57. The molecule has 0 bridgehead atoms. The summed E-state index contributed by atoms with van der Waals surface area (Å²) in [5, 5.41) is 8.22. The monoisotopic (exact) mass is 322 g/mol. The van der Waals surface area contributed by atoms with Gasteiger partial charge >= 0.3 is 0 Å². The van der Waals surface area contributed by atoms with Gasteiger partial charge in [0.2, 0.25) is 0 Å². The number of aryl methyl sites for hydroxylation is 1. The lowest BCUT2D eigenvalue weighted by Gasteiger charge is -2.09. The molecule has 0 radical (unpaired) electrons. The highest BCUT2D eigenvalue weighted by atomic mass is 16.5. The van der Waals surface area contributed by atoms with Crippen molar-refractivity contribution in [2.75, 3.05) is 7.11 Å². The third-order valence-corrected chi connectivity index (χ3v) is 3.61. The zero-order valence-corrected chi connectivity index (χ0v) is 13.6. The Bertz CT molecular complexity index is 863. The van der Waals surface area contributed by atoms with Crippen LogP contribution < -0.4 is 4.74 Å². The van der Waals surface area contributed by atoms with Crippen molar-refractivity contribution in [3.8, 4) is 5.75 Å². The fraction of sp³-hybridized carbons (Fsp3) is 0.167. The van der Waals surface area contributed by atoms with Crippen LogP contribution in [0.3, 0.4) is 0 Å². The molecule has 3 aromatic rings. The first-order valence-electron chi connectivity index (χ1n) is 7.51. The number of hydrogen-bond donors (Lipinski definition) is 0. The summed E-state index contributed by atoms with van der Waals surface area (Å²) in [7, 11) is 3.43. The zero-order valence-electron chi connectivity index (χ0n) is 13.6. The molecule has 0 saturated carbocycles. The maximum atomic E-state index is 12.1. The second kappa shape index (κ2) is 6.95. The minimum absolute atomic E-state index is 0.0763. The van der Waals surface area contributed by atoms with E-state index < -0.39 is 0 Å². The van der Waals surface area contributed by atoms with Gasteiger partial charge in [-0.15, -0.1) is 0 Å². The van der Waals surface area contributed by atoms with Crippen molar-refractivity contribution >= 4 is 11.9 Å². The van der Waals surface area contributed by atoms with Crippen LogP contribution in [-0.2, 0) is 13.6 Å². The van der Waals surface area contributed by atoms with Crippen molar-refractivity contribution in [3.05, 3.63) is 71.8 Å². The molecule has 0 amide bonds. The van der Waals surface area contributed by atoms with Gasteiger partial charge in [0.15, 0.2) is 5.78 Å². The van der Waals surface area contributed by atoms with Gasteiger partial charge in [-0.2, -0.15) is 10.2 Å². The van der Waals surface area contributed by atoms with E-state index in [0.717, 1.165) is 16.9 Å². The van der Waals surface area contributed by atoms with Crippen LogP contribution in [0.5, 0.6) is 5.75 Å². The quantitative estimate of drug-likeness (QED) is 0.517. The number of carbonyl (C=O) groups is 1. The Labute approximate surface area is 140 Å². The topological polar surface area (TPSA) is 61.9 Å². The van der Waals surface area contributed by atoms with Gasteiger partial charge in [0.05, 0.1) is 25.4 Å². The first-order chi connectivity index (χ1) is 11.7. The second-order valence-electron chi connectivity index (χ2n) is 5.38. The summed E-state index contributed by atoms with van der Waals surface area (Å²) in [4.78, 5) is 12.1. The first kappa shape index (κ1) is 15.7. The fourth-order valence-corrected chi connectivity index (χ4v) is 2.41. The SMILES string of the molecule is COc1ccc(/C=C/C(=O)c2cnn(C)c2)cc1Cn1cccn1. The number of ether oxygens (including phenoxy) is 1. The minimum atomic E-state index is -0.0763. The molecule has 0 aliphatic rings. The molecule has 0 aliphatic carbocycles. The molecule has 0 fully saturated rings. The molecule has 2 aromatic heterocycles.